The molecule has 0 radical (unpaired) electrons. The van der Waals surface area contributed by atoms with Gasteiger partial charge in [-0.15, -0.1) is 0 Å². The molecule has 29 heavy (non-hydrogen) atoms. The monoisotopic (exact) mass is 431 g/mol. The van der Waals surface area contributed by atoms with Crippen molar-refractivity contribution in [1.82, 2.24) is 5.32 Å². The van der Waals surface area contributed by atoms with Crippen molar-refractivity contribution in [3.05, 3.63) is 87.4 Å². The second-order valence-electron chi connectivity index (χ2n) is 6.43. The number of hydrogen-bond donors (Lipinski definition) is 1. The van der Waals surface area contributed by atoms with Crippen LogP contribution in [0.2, 0.25) is 10.0 Å². The maximum Gasteiger partial charge on any atom is 0.161 e. The van der Waals surface area contributed by atoms with Gasteiger partial charge in [-0.05, 0) is 47.5 Å². The van der Waals surface area contributed by atoms with Crippen molar-refractivity contribution in [3.8, 4) is 17.2 Å². The minimum absolute atomic E-state index is 0.268. The van der Waals surface area contributed by atoms with Gasteiger partial charge in [-0.2, -0.15) is 0 Å². The van der Waals surface area contributed by atoms with Crippen molar-refractivity contribution >= 4 is 23.2 Å². The van der Waals surface area contributed by atoms with Gasteiger partial charge >= 0.3 is 0 Å². The Hall–Kier alpha value is -2.40. The molecule has 3 rings (SSSR count). The van der Waals surface area contributed by atoms with Crippen molar-refractivity contribution in [2.24, 2.45) is 0 Å². The van der Waals surface area contributed by atoms with Crippen LogP contribution < -0.4 is 19.5 Å². The molecular formula is C23H23Cl2NO3. The highest BCUT2D eigenvalue weighted by atomic mass is 35.5. The molecule has 1 N–H and O–H groups in total. The van der Waals surface area contributed by atoms with Gasteiger partial charge in [-0.1, -0.05) is 47.5 Å². The summed E-state index contributed by atoms with van der Waals surface area (Å²) < 4.78 is 16.6. The van der Waals surface area contributed by atoms with Crippen LogP contribution in [-0.2, 0) is 19.7 Å². The van der Waals surface area contributed by atoms with Crippen molar-refractivity contribution < 1.29 is 14.2 Å². The van der Waals surface area contributed by atoms with Gasteiger partial charge in [0.2, 0.25) is 0 Å². The molecule has 0 aliphatic carbocycles. The summed E-state index contributed by atoms with van der Waals surface area (Å²) in [6.07, 6.45) is 0. The highest BCUT2D eigenvalue weighted by molar-refractivity contribution is 6.35. The Morgan fingerprint density at radius 2 is 1.41 bits per heavy atom. The van der Waals surface area contributed by atoms with Crippen molar-refractivity contribution in [2.45, 2.75) is 19.7 Å². The van der Waals surface area contributed by atoms with Crippen LogP contribution in [0.1, 0.15) is 16.7 Å². The molecule has 0 spiro atoms. The Balaban J connectivity index is 1.59. The van der Waals surface area contributed by atoms with Crippen LogP contribution in [0.25, 0.3) is 0 Å². The Bertz CT molecular complexity index is 925. The molecule has 0 bridgehead atoms. The summed E-state index contributed by atoms with van der Waals surface area (Å²) in [7, 11) is 3.29. The van der Waals surface area contributed by atoms with E-state index in [1.807, 2.05) is 48.5 Å². The summed E-state index contributed by atoms with van der Waals surface area (Å²) in [6, 6.07) is 19.3. The SMILES string of the molecule is COc1ccc(CNCc2ccc(OCc3c(Cl)cccc3Cl)c(OC)c2)cc1. The smallest absolute Gasteiger partial charge is 0.161 e. The van der Waals surface area contributed by atoms with Crippen molar-refractivity contribution in [3.63, 3.8) is 0 Å². The first-order valence-corrected chi connectivity index (χ1v) is 9.92. The van der Waals surface area contributed by atoms with Crippen LogP contribution in [0.15, 0.2) is 60.7 Å². The standard InChI is InChI=1S/C23H23Cl2NO3/c1-27-18-9-6-16(7-10-18)13-26-14-17-8-11-22(23(12-17)28-2)29-15-19-20(24)4-3-5-21(19)25/h3-12,26H,13-15H2,1-2H3. The summed E-state index contributed by atoms with van der Waals surface area (Å²) >= 11 is 12.4. The van der Waals surface area contributed by atoms with Crippen LogP contribution in [0, 0.1) is 0 Å². The third kappa shape index (κ3) is 5.80. The van der Waals surface area contributed by atoms with E-state index in [4.69, 9.17) is 37.4 Å². The summed E-state index contributed by atoms with van der Waals surface area (Å²) in [6.45, 7) is 1.73. The lowest BCUT2D eigenvalue weighted by Gasteiger charge is -2.14. The Morgan fingerprint density at radius 3 is 2.07 bits per heavy atom. The van der Waals surface area contributed by atoms with E-state index in [2.05, 4.69) is 5.32 Å². The topological polar surface area (TPSA) is 39.7 Å². The first kappa shape index (κ1) is 21.3. The highest BCUT2D eigenvalue weighted by Gasteiger charge is 2.10. The molecule has 0 unspecified atom stereocenters. The van der Waals surface area contributed by atoms with E-state index in [-0.39, 0.29) is 6.61 Å². The summed E-state index contributed by atoms with van der Waals surface area (Å²) in [5.74, 6) is 2.16. The Morgan fingerprint density at radius 1 is 0.759 bits per heavy atom. The number of methoxy groups -OCH3 is 2. The second-order valence-corrected chi connectivity index (χ2v) is 7.24. The maximum absolute atomic E-state index is 6.21. The summed E-state index contributed by atoms with van der Waals surface area (Å²) in [5, 5.41) is 4.59. The van der Waals surface area contributed by atoms with Crippen LogP contribution in [0.4, 0.5) is 0 Å². The van der Waals surface area contributed by atoms with E-state index in [9.17, 15) is 0 Å². The average molecular weight is 432 g/mol. The van der Waals surface area contributed by atoms with E-state index in [0.29, 0.717) is 28.1 Å². The number of rotatable bonds is 9. The molecule has 3 aromatic carbocycles. The van der Waals surface area contributed by atoms with Crippen molar-refractivity contribution in [1.29, 1.82) is 0 Å². The normalized spacial score (nSPS) is 10.6. The second kappa shape index (κ2) is 10.4. The summed E-state index contributed by atoms with van der Waals surface area (Å²) in [5.41, 5.74) is 3.04. The molecule has 0 aliphatic heterocycles. The van der Waals surface area contributed by atoms with Crippen LogP contribution in [0.3, 0.4) is 0 Å². The van der Waals surface area contributed by atoms with Gasteiger partial charge in [-0.25, -0.2) is 0 Å². The third-order valence-electron chi connectivity index (χ3n) is 4.48. The number of hydrogen-bond acceptors (Lipinski definition) is 4. The Kier molecular flexibility index (Phi) is 7.64. The number of nitrogens with one attached hydrogen (secondary N) is 1. The zero-order chi connectivity index (χ0) is 20.6. The molecule has 0 fully saturated rings. The molecule has 4 nitrogen and oxygen atoms in total. The van der Waals surface area contributed by atoms with Crippen LogP contribution in [-0.4, -0.2) is 14.2 Å². The number of halogens is 2. The first-order chi connectivity index (χ1) is 14.1. The zero-order valence-corrected chi connectivity index (χ0v) is 17.9. The van der Waals surface area contributed by atoms with Gasteiger partial charge in [-0.3, -0.25) is 0 Å². The fourth-order valence-corrected chi connectivity index (χ4v) is 3.36. The predicted octanol–water partition coefficient (Wildman–Crippen LogP) is 5.88. The summed E-state index contributed by atoms with van der Waals surface area (Å²) in [4.78, 5) is 0. The minimum Gasteiger partial charge on any atom is -0.497 e. The molecule has 6 heteroatoms. The lowest BCUT2D eigenvalue weighted by atomic mass is 10.1. The zero-order valence-electron chi connectivity index (χ0n) is 16.4. The van der Waals surface area contributed by atoms with E-state index in [1.54, 1.807) is 26.4 Å². The third-order valence-corrected chi connectivity index (χ3v) is 5.19. The molecular weight excluding hydrogens is 409 g/mol. The minimum atomic E-state index is 0.268. The predicted molar refractivity (Wildman–Crippen MR) is 117 cm³/mol. The number of ether oxygens (including phenoxy) is 3. The molecule has 152 valence electrons. The van der Waals surface area contributed by atoms with Gasteiger partial charge in [0.15, 0.2) is 11.5 Å². The van der Waals surface area contributed by atoms with E-state index in [0.717, 1.165) is 23.4 Å². The molecule has 0 aliphatic rings. The maximum atomic E-state index is 6.21. The van der Waals surface area contributed by atoms with Crippen LogP contribution in [0.5, 0.6) is 17.2 Å². The van der Waals surface area contributed by atoms with E-state index < -0.39 is 0 Å². The average Bonchev–Trinajstić information content (AvgIpc) is 2.74. The van der Waals surface area contributed by atoms with Gasteiger partial charge < -0.3 is 19.5 Å². The van der Waals surface area contributed by atoms with E-state index >= 15 is 0 Å². The fraction of sp³-hybridized carbons (Fsp3) is 0.217. The van der Waals surface area contributed by atoms with Crippen LogP contribution >= 0.6 is 23.2 Å². The molecule has 3 aromatic rings. The van der Waals surface area contributed by atoms with Gasteiger partial charge in [0.1, 0.15) is 12.4 Å². The first-order valence-electron chi connectivity index (χ1n) is 9.17. The highest BCUT2D eigenvalue weighted by Crippen LogP contribution is 2.31. The lowest BCUT2D eigenvalue weighted by molar-refractivity contribution is 0.284. The number of benzene rings is 3. The van der Waals surface area contributed by atoms with Gasteiger partial charge in [0, 0.05) is 28.7 Å². The van der Waals surface area contributed by atoms with E-state index in [1.165, 1.54) is 5.56 Å². The quantitative estimate of drug-likeness (QED) is 0.459. The largest absolute Gasteiger partial charge is 0.497 e. The van der Waals surface area contributed by atoms with Gasteiger partial charge in [0.25, 0.3) is 0 Å². The fourth-order valence-electron chi connectivity index (χ4n) is 2.86. The molecule has 0 atom stereocenters. The molecule has 0 heterocycles. The Labute approximate surface area is 181 Å². The van der Waals surface area contributed by atoms with Gasteiger partial charge in [0.05, 0.1) is 14.2 Å². The van der Waals surface area contributed by atoms with Crippen molar-refractivity contribution in [2.75, 3.05) is 14.2 Å². The lowest BCUT2D eigenvalue weighted by Crippen LogP contribution is -2.12. The molecule has 0 amide bonds. The molecule has 0 aromatic heterocycles. The molecule has 0 saturated carbocycles. The molecule has 0 saturated heterocycles.